The van der Waals surface area contributed by atoms with Gasteiger partial charge in [0.25, 0.3) is 5.91 Å². The molecule has 1 aliphatic rings. The zero-order valence-electron chi connectivity index (χ0n) is 11.2. The Hall–Kier alpha value is -0.960. The fourth-order valence-corrected chi connectivity index (χ4v) is 3.03. The number of rotatable bonds is 3. The number of halogens is 1. The first kappa shape index (κ1) is 13.5. The number of hydrogen-bond donors (Lipinski definition) is 1. The molecule has 1 saturated carbocycles. The van der Waals surface area contributed by atoms with Crippen molar-refractivity contribution in [1.29, 1.82) is 0 Å². The minimum Gasteiger partial charge on any atom is -0.466 e. The van der Waals surface area contributed by atoms with Gasteiger partial charge in [-0.15, -0.1) is 11.6 Å². The van der Waals surface area contributed by atoms with Crippen molar-refractivity contribution in [1.82, 2.24) is 5.32 Å². The maximum Gasteiger partial charge on any atom is 0.255 e. The molecule has 2 atom stereocenters. The molecule has 1 aromatic rings. The van der Waals surface area contributed by atoms with Crippen LogP contribution in [0.2, 0.25) is 0 Å². The van der Waals surface area contributed by atoms with Gasteiger partial charge in [0.15, 0.2) is 0 Å². The second kappa shape index (κ2) is 5.35. The van der Waals surface area contributed by atoms with E-state index in [-0.39, 0.29) is 11.3 Å². The summed E-state index contributed by atoms with van der Waals surface area (Å²) in [4.78, 5) is 12.1. The van der Waals surface area contributed by atoms with Crippen molar-refractivity contribution >= 4 is 17.5 Å². The van der Waals surface area contributed by atoms with Gasteiger partial charge < -0.3 is 9.73 Å². The molecular weight excluding hydrogens is 250 g/mol. The molecule has 1 aromatic heterocycles. The molecule has 0 radical (unpaired) electrons. The summed E-state index contributed by atoms with van der Waals surface area (Å²) in [6.07, 6.45) is 3.33. The van der Waals surface area contributed by atoms with Gasteiger partial charge in [0, 0.05) is 17.5 Å². The van der Waals surface area contributed by atoms with Crippen molar-refractivity contribution in [2.24, 2.45) is 5.92 Å². The highest BCUT2D eigenvalue weighted by molar-refractivity contribution is 6.21. The average molecular weight is 270 g/mol. The molecule has 1 N–H and O–H groups in total. The summed E-state index contributed by atoms with van der Waals surface area (Å²) in [5.74, 6) is 1.87. The van der Waals surface area contributed by atoms with Gasteiger partial charge in [-0.1, -0.05) is 6.42 Å². The Bertz CT molecular complexity index is 453. The molecule has 1 heterocycles. The molecule has 2 unspecified atom stereocenters. The molecule has 0 bridgehead atoms. The second-order valence-corrected chi connectivity index (χ2v) is 5.69. The van der Waals surface area contributed by atoms with E-state index in [9.17, 15) is 4.79 Å². The van der Waals surface area contributed by atoms with Crippen molar-refractivity contribution in [2.75, 3.05) is 6.54 Å². The van der Waals surface area contributed by atoms with Gasteiger partial charge in [0.1, 0.15) is 11.5 Å². The highest BCUT2D eigenvalue weighted by Gasteiger charge is 2.26. The maximum atomic E-state index is 12.1. The Morgan fingerprint density at radius 3 is 2.56 bits per heavy atom. The summed E-state index contributed by atoms with van der Waals surface area (Å²) < 4.78 is 5.47. The molecule has 18 heavy (non-hydrogen) atoms. The Kier molecular flexibility index (Phi) is 4.00. The quantitative estimate of drug-likeness (QED) is 0.855. The van der Waals surface area contributed by atoms with Gasteiger partial charge in [-0.25, -0.2) is 0 Å². The Balaban J connectivity index is 1.99. The van der Waals surface area contributed by atoms with Gasteiger partial charge in [0.05, 0.1) is 5.56 Å². The fourth-order valence-electron chi connectivity index (χ4n) is 2.66. The molecule has 0 aromatic carbocycles. The molecule has 0 aliphatic heterocycles. The number of aryl methyl sites for hydroxylation is 2. The Morgan fingerprint density at radius 2 is 2.06 bits per heavy atom. The zero-order chi connectivity index (χ0) is 13.3. The lowest BCUT2D eigenvalue weighted by molar-refractivity contribution is 0.0945. The highest BCUT2D eigenvalue weighted by atomic mass is 35.5. The third kappa shape index (κ3) is 2.56. The van der Waals surface area contributed by atoms with Crippen molar-refractivity contribution in [3.05, 3.63) is 22.6 Å². The van der Waals surface area contributed by atoms with E-state index in [2.05, 4.69) is 5.32 Å². The minimum absolute atomic E-state index is 0.0439. The number of nitrogens with one attached hydrogen (secondary N) is 1. The monoisotopic (exact) mass is 269 g/mol. The standard InChI is InChI=1S/C14H20ClNO2/c1-8-9(2)18-10(3)13(8)14(17)16-7-11-5-4-6-12(11)15/h11-12H,4-7H2,1-3H3,(H,16,17). The highest BCUT2D eigenvalue weighted by Crippen LogP contribution is 2.29. The molecule has 3 nitrogen and oxygen atoms in total. The van der Waals surface area contributed by atoms with E-state index in [1.807, 2.05) is 20.8 Å². The van der Waals surface area contributed by atoms with E-state index in [1.54, 1.807) is 0 Å². The zero-order valence-corrected chi connectivity index (χ0v) is 11.9. The summed E-state index contributed by atoms with van der Waals surface area (Å²) >= 11 is 6.20. The molecule has 100 valence electrons. The molecule has 1 fully saturated rings. The molecular formula is C14H20ClNO2. The largest absolute Gasteiger partial charge is 0.466 e. The van der Waals surface area contributed by atoms with E-state index < -0.39 is 0 Å². The molecule has 4 heteroatoms. The lowest BCUT2D eigenvalue weighted by Crippen LogP contribution is -2.31. The number of alkyl halides is 1. The van der Waals surface area contributed by atoms with Crippen LogP contribution >= 0.6 is 11.6 Å². The number of hydrogen-bond acceptors (Lipinski definition) is 2. The van der Waals surface area contributed by atoms with Crippen LogP contribution in [0.1, 0.15) is 46.7 Å². The lowest BCUT2D eigenvalue weighted by atomic mass is 10.1. The molecule has 0 spiro atoms. The van der Waals surface area contributed by atoms with Crippen molar-refractivity contribution in [3.8, 4) is 0 Å². The predicted octanol–water partition coefficient (Wildman–Crippen LogP) is 3.34. The van der Waals surface area contributed by atoms with E-state index in [4.69, 9.17) is 16.0 Å². The Labute approximate surface area is 113 Å². The van der Waals surface area contributed by atoms with Gasteiger partial charge in [-0.2, -0.15) is 0 Å². The molecule has 0 saturated heterocycles. The first-order chi connectivity index (χ1) is 8.50. The summed E-state index contributed by atoms with van der Waals surface area (Å²) in [7, 11) is 0. The number of carbonyl (C=O) groups excluding carboxylic acids is 1. The van der Waals surface area contributed by atoms with Crippen LogP contribution in [0, 0.1) is 26.7 Å². The fraction of sp³-hybridized carbons (Fsp3) is 0.643. The van der Waals surface area contributed by atoms with Crippen LogP contribution < -0.4 is 5.32 Å². The summed E-state index contributed by atoms with van der Waals surface area (Å²) in [6, 6.07) is 0. The lowest BCUT2D eigenvalue weighted by Gasteiger charge is -2.14. The van der Waals surface area contributed by atoms with Crippen LogP contribution in [0.15, 0.2) is 4.42 Å². The van der Waals surface area contributed by atoms with Crippen LogP contribution in [-0.2, 0) is 0 Å². The van der Waals surface area contributed by atoms with E-state index in [1.165, 1.54) is 0 Å². The molecule has 2 rings (SSSR count). The summed E-state index contributed by atoms with van der Waals surface area (Å²) in [6.45, 7) is 6.29. The summed E-state index contributed by atoms with van der Waals surface area (Å²) in [5, 5.41) is 3.19. The third-order valence-corrected chi connectivity index (χ3v) is 4.45. The maximum absolute atomic E-state index is 12.1. The van der Waals surface area contributed by atoms with Crippen LogP contribution in [0.4, 0.5) is 0 Å². The first-order valence-corrected chi connectivity index (χ1v) is 6.93. The van der Waals surface area contributed by atoms with Crippen molar-refractivity contribution in [2.45, 2.75) is 45.4 Å². The van der Waals surface area contributed by atoms with Gasteiger partial charge in [-0.05, 0) is 39.5 Å². The van der Waals surface area contributed by atoms with Gasteiger partial charge in [0.2, 0.25) is 0 Å². The van der Waals surface area contributed by atoms with Gasteiger partial charge in [-0.3, -0.25) is 4.79 Å². The number of carbonyl (C=O) groups is 1. The number of furan rings is 1. The summed E-state index contributed by atoms with van der Waals surface area (Å²) in [5.41, 5.74) is 1.61. The SMILES string of the molecule is Cc1oc(C)c(C(=O)NCC2CCCC2Cl)c1C. The third-order valence-electron chi connectivity index (χ3n) is 3.88. The van der Waals surface area contributed by atoms with Crippen LogP contribution in [-0.4, -0.2) is 17.8 Å². The molecule has 1 amide bonds. The van der Waals surface area contributed by atoms with Crippen LogP contribution in [0.3, 0.4) is 0 Å². The van der Waals surface area contributed by atoms with Crippen molar-refractivity contribution in [3.63, 3.8) is 0 Å². The van der Waals surface area contributed by atoms with E-state index in [0.717, 1.165) is 30.6 Å². The first-order valence-electron chi connectivity index (χ1n) is 6.49. The topological polar surface area (TPSA) is 42.2 Å². The normalized spacial score (nSPS) is 23.3. The second-order valence-electron chi connectivity index (χ2n) is 5.13. The van der Waals surface area contributed by atoms with Crippen molar-refractivity contribution < 1.29 is 9.21 Å². The van der Waals surface area contributed by atoms with E-state index in [0.29, 0.717) is 23.8 Å². The smallest absolute Gasteiger partial charge is 0.255 e. The minimum atomic E-state index is -0.0439. The van der Waals surface area contributed by atoms with Crippen LogP contribution in [0.5, 0.6) is 0 Å². The predicted molar refractivity (Wildman–Crippen MR) is 72.2 cm³/mol. The molecule has 1 aliphatic carbocycles. The van der Waals surface area contributed by atoms with Crippen LogP contribution in [0.25, 0.3) is 0 Å². The van der Waals surface area contributed by atoms with E-state index >= 15 is 0 Å². The Morgan fingerprint density at radius 1 is 1.33 bits per heavy atom. The van der Waals surface area contributed by atoms with Gasteiger partial charge >= 0.3 is 0 Å². The number of amides is 1. The average Bonchev–Trinajstić information content (AvgIpc) is 2.81.